The van der Waals surface area contributed by atoms with Crippen molar-refractivity contribution in [3.63, 3.8) is 0 Å². The van der Waals surface area contributed by atoms with Crippen LogP contribution in [0.4, 0.5) is 0 Å². The Labute approximate surface area is 93.4 Å². The molecule has 2 heterocycles. The van der Waals surface area contributed by atoms with Gasteiger partial charge in [0.25, 0.3) is 0 Å². The highest BCUT2D eigenvalue weighted by Crippen LogP contribution is 2.13. The molecular formula is C9H15N5S. The molecule has 2 rings (SSSR count). The van der Waals surface area contributed by atoms with Crippen LogP contribution in [0.3, 0.4) is 0 Å². The van der Waals surface area contributed by atoms with E-state index in [9.17, 15) is 0 Å². The van der Waals surface area contributed by atoms with Crippen molar-refractivity contribution >= 4 is 16.9 Å². The number of nitrogens with one attached hydrogen (secondary N) is 1. The van der Waals surface area contributed by atoms with E-state index in [2.05, 4.69) is 27.3 Å². The number of aliphatic imine (C=N–C) groups is 1. The first-order valence-corrected chi connectivity index (χ1v) is 6.01. The molecule has 1 unspecified atom stereocenters. The summed E-state index contributed by atoms with van der Waals surface area (Å²) < 4.78 is 1.69. The highest BCUT2D eigenvalue weighted by Gasteiger charge is 2.12. The van der Waals surface area contributed by atoms with Crippen molar-refractivity contribution < 1.29 is 0 Å². The van der Waals surface area contributed by atoms with Crippen molar-refractivity contribution in [2.24, 2.45) is 12.0 Å². The minimum Gasteiger partial charge on any atom is -0.362 e. The van der Waals surface area contributed by atoms with Gasteiger partial charge in [-0.25, -0.2) is 4.98 Å². The highest BCUT2D eigenvalue weighted by molar-refractivity contribution is 8.13. The normalized spacial score (nSPS) is 24.1. The maximum Gasteiger partial charge on any atom is 0.172 e. The van der Waals surface area contributed by atoms with Crippen molar-refractivity contribution in [2.75, 3.05) is 5.75 Å². The number of rotatable bonds is 2. The first-order chi connectivity index (χ1) is 7.24. The van der Waals surface area contributed by atoms with E-state index in [0.29, 0.717) is 12.6 Å². The topological polar surface area (TPSA) is 55.1 Å². The first-order valence-electron chi connectivity index (χ1n) is 5.02. The average molecular weight is 225 g/mol. The van der Waals surface area contributed by atoms with Crippen molar-refractivity contribution in [3.05, 3.63) is 12.2 Å². The van der Waals surface area contributed by atoms with E-state index in [4.69, 9.17) is 0 Å². The second-order valence-corrected chi connectivity index (χ2v) is 4.72. The van der Waals surface area contributed by atoms with Crippen LogP contribution in [0.5, 0.6) is 0 Å². The minimum absolute atomic E-state index is 0.529. The van der Waals surface area contributed by atoms with Gasteiger partial charge in [-0.1, -0.05) is 11.8 Å². The van der Waals surface area contributed by atoms with Gasteiger partial charge in [-0.3, -0.25) is 9.67 Å². The fourth-order valence-corrected chi connectivity index (χ4v) is 2.45. The fraction of sp³-hybridized carbons (Fsp3) is 0.667. The summed E-state index contributed by atoms with van der Waals surface area (Å²) >= 11 is 1.77. The molecule has 0 bridgehead atoms. The van der Waals surface area contributed by atoms with E-state index in [0.717, 1.165) is 16.7 Å². The molecule has 15 heavy (non-hydrogen) atoms. The Kier molecular flexibility index (Phi) is 3.25. The molecule has 0 spiro atoms. The minimum atomic E-state index is 0.529. The number of thioether (sulfide) groups is 1. The summed E-state index contributed by atoms with van der Waals surface area (Å²) in [6, 6.07) is 0.529. The van der Waals surface area contributed by atoms with Gasteiger partial charge in [-0.2, -0.15) is 5.10 Å². The number of aryl methyl sites for hydroxylation is 1. The second-order valence-electron chi connectivity index (χ2n) is 3.64. The number of hydrogen-bond acceptors (Lipinski definition) is 4. The van der Waals surface area contributed by atoms with Crippen molar-refractivity contribution in [1.29, 1.82) is 0 Å². The van der Waals surface area contributed by atoms with Gasteiger partial charge in [-0.05, 0) is 13.3 Å². The maximum atomic E-state index is 4.45. The predicted molar refractivity (Wildman–Crippen MR) is 61.8 cm³/mol. The van der Waals surface area contributed by atoms with Crippen LogP contribution in [0.15, 0.2) is 11.3 Å². The Balaban J connectivity index is 1.93. The molecule has 1 saturated heterocycles. The molecule has 1 atom stereocenters. The zero-order valence-corrected chi connectivity index (χ0v) is 9.79. The smallest absolute Gasteiger partial charge is 0.172 e. The van der Waals surface area contributed by atoms with E-state index in [1.54, 1.807) is 22.8 Å². The van der Waals surface area contributed by atoms with Gasteiger partial charge in [0, 0.05) is 18.8 Å². The summed E-state index contributed by atoms with van der Waals surface area (Å²) in [4.78, 5) is 8.57. The van der Waals surface area contributed by atoms with Crippen LogP contribution < -0.4 is 5.32 Å². The van der Waals surface area contributed by atoms with Crippen LogP contribution in [0.2, 0.25) is 0 Å². The molecule has 1 aromatic rings. The second kappa shape index (κ2) is 4.65. The fourth-order valence-electron chi connectivity index (χ4n) is 1.35. The zero-order chi connectivity index (χ0) is 10.7. The summed E-state index contributed by atoms with van der Waals surface area (Å²) in [5, 5.41) is 8.53. The summed E-state index contributed by atoms with van der Waals surface area (Å²) in [7, 11) is 1.86. The van der Waals surface area contributed by atoms with Crippen molar-refractivity contribution in [2.45, 2.75) is 25.9 Å². The molecule has 1 fully saturated rings. The molecule has 5 nitrogen and oxygen atoms in total. The molecule has 1 N–H and O–H groups in total. The van der Waals surface area contributed by atoms with Gasteiger partial charge in [-0.15, -0.1) is 0 Å². The zero-order valence-electron chi connectivity index (χ0n) is 8.97. The molecule has 82 valence electrons. The number of aromatic nitrogens is 3. The quantitative estimate of drug-likeness (QED) is 0.808. The summed E-state index contributed by atoms with van der Waals surface area (Å²) in [6.07, 6.45) is 2.89. The van der Waals surface area contributed by atoms with Gasteiger partial charge in [0.05, 0.1) is 0 Å². The van der Waals surface area contributed by atoms with E-state index in [1.807, 2.05) is 7.05 Å². The van der Waals surface area contributed by atoms with E-state index >= 15 is 0 Å². The Bertz CT molecular complexity index is 359. The summed E-state index contributed by atoms with van der Waals surface area (Å²) in [5.74, 6) is 1.91. The Morgan fingerprint density at radius 1 is 1.73 bits per heavy atom. The molecular weight excluding hydrogens is 210 g/mol. The van der Waals surface area contributed by atoms with Crippen LogP contribution in [0, 0.1) is 0 Å². The Hall–Kier alpha value is -1.04. The number of hydrogen-bond donors (Lipinski definition) is 1. The molecule has 0 saturated carbocycles. The third-order valence-electron chi connectivity index (χ3n) is 2.17. The highest BCUT2D eigenvalue weighted by atomic mass is 32.2. The van der Waals surface area contributed by atoms with Crippen molar-refractivity contribution in [1.82, 2.24) is 20.1 Å². The SMILES string of the molecule is CC1CCSC(=NCc2ncn(C)n2)N1. The summed E-state index contributed by atoms with van der Waals surface area (Å²) in [5.41, 5.74) is 0. The lowest BCUT2D eigenvalue weighted by Gasteiger charge is -2.21. The average Bonchev–Trinajstić information content (AvgIpc) is 2.62. The van der Waals surface area contributed by atoms with Crippen LogP contribution in [-0.2, 0) is 13.6 Å². The van der Waals surface area contributed by atoms with Gasteiger partial charge < -0.3 is 5.32 Å². The molecule has 1 aliphatic heterocycles. The standard InChI is InChI=1S/C9H15N5S/c1-7-3-4-15-9(12-7)10-5-8-11-6-14(2)13-8/h6-7H,3-5H2,1-2H3,(H,10,12). The third kappa shape index (κ3) is 2.95. The molecule has 1 aromatic heterocycles. The Morgan fingerprint density at radius 3 is 3.27 bits per heavy atom. The molecule has 0 aromatic carbocycles. The van der Waals surface area contributed by atoms with E-state index in [-0.39, 0.29) is 0 Å². The number of nitrogens with zero attached hydrogens (tertiary/aromatic N) is 4. The van der Waals surface area contributed by atoms with Gasteiger partial charge >= 0.3 is 0 Å². The number of amidine groups is 1. The third-order valence-corrected chi connectivity index (χ3v) is 3.13. The molecule has 0 amide bonds. The molecule has 0 radical (unpaired) electrons. The molecule has 6 heteroatoms. The lowest BCUT2D eigenvalue weighted by atomic mass is 10.3. The summed E-state index contributed by atoms with van der Waals surface area (Å²) in [6.45, 7) is 2.73. The van der Waals surface area contributed by atoms with Gasteiger partial charge in [0.2, 0.25) is 0 Å². The molecule has 1 aliphatic rings. The van der Waals surface area contributed by atoms with Crippen molar-refractivity contribution in [3.8, 4) is 0 Å². The lowest BCUT2D eigenvalue weighted by molar-refractivity contribution is 0.641. The largest absolute Gasteiger partial charge is 0.362 e. The van der Waals surface area contributed by atoms with Crippen LogP contribution >= 0.6 is 11.8 Å². The lowest BCUT2D eigenvalue weighted by Crippen LogP contribution is -2.35. The maximum absolute atomic E-state index is 4.45. The van der Waals surface area contributed by atoms with E-state index in [1.165, 1.54) is 6.42 Å². The van der Waals surface area contributed by atoms with Crippen LogP contribution in [0.25, 0.3) is 0 Å². The van der Waals surface area contributed by atoms with E-state index < -0.39 is 0 Å². The van der Waals surface area contributed by atoms with Gasteiger partial charge in [0.15, 0.2) is 11.0 Å². The van der Waals surface area contributed by atoms with Crippen LogP contribution in [-0.4, -0.2) is 31.7 Å². The monoisotopic (exact) mass is 225 g/mol. The predicted octanol–water partition coefficient (Wildman–Crippen LogP) is 0.786. The van der Waals surface area contributed by atoms with Gasteiger partial charge in [0.1, 0.15) is 12.9 Å². The van der Waals surface area contributed by atoms with Crippen LogP contribution in [0.1, 0.15) is 19.2 Å². The molecule has 0 aliphatic carbocycles. The first kappa shape index (κ1) is 10.5. The Morgan fingerprint density at radius 2 is 2.60 bits per heavy atom.